The van der Waals surface area contributed by atoms with Gasteiger partial charge in [0.1, 0.15) is 0 Å². The second-order valence-electron chi connectivity index (χ2n) is 8.81. The number of aliphatic carboxylic acids is 1. The normalized spacial score (nSPS) is 24.7. The standard InChI is InChI=1S/C23H40N2O5/c1-2-3-4-7-10-15-24-20(26)16-25-23(29)22-17(18-13-14-19(22)30-18)11-8-5-6-9-12-21(27)28/h17-19,22H,2-16H2,1H3,(H,24,26)(H,25,29)(H,27,28). The highest BCUT2D eigenvalue weighted by molar-refractivity contribution is 5.86. The number of ether oxygens (including phenoxy) is 1. The molecule has 4 unspecified atom stereocenters. The van der Waals surface area contributed by atoms with Gasteiger partial charge in [-0.3, -0.25) is 14.4 Å². The summed E-state index contributed by atoms with van der Waals surface area (Å²) in [5.41, 5.74) is 0. The third-order valence-corrected chi connectivity index (χ3v) is 6.43. The molecule has 2 heterocycles. The molecule has 0 spiro atoms. The van der Waals surface area contributed by atoms with Crippen molar-refractivity contribution in [2.24, 2.45) is 11.8 Å². The van der Waals surface area contributed by atoms with E-state index >= 15 is 0 Å². The van der Waals surface area contributed by atoms with Gasteiger partial charge in [0.2, 0.25) is 11.8 Å². The van der Waals surface area contributed by atoms with E-state index in [1.165, 1.54) is 19.3 Å². The summed E-state index contributed by atoms with van der Waals surface area (Å²) in [7, 11) is 0. The van der Waals surface area contributed by atoms with Crippen LogP contribution < -0.4 is 10.6 Å². The summed E-state index contributed by atoms with van der Waals surface area (Å²) in [6.07, 6.45) is 12.5. The zero-order chi connectivity index (χ0) is 21.8. The predicted octanol–water partition coefficient (Wildman–Crippen LogP) is 3.41. The average Bonchev–Trinajstić information content (AvgIpc) is 3.32. The fourth-order valence-corrected chi connectivity index (χ4v) is 4.82. The fraction of sp³-hybridized carbons (Fsp3) is 0.870. The van der Waals surface area contributed by atoms with E-state index in [1.54, 1.807) is 0 Å². The molecule has 3 N–H and O–H groups in total. The van der Waals surface area contributed by atoms with E-state index in [1.807, 2.05) is 0 Å². The number of carbonyl (C=O) groups is 3. The van der Waals surface area contributed by atoms with Gasteiger partial charge >= 0.3 is 5.97 Å². The van der Waals surface area contributed by atoms with Gasteiger partial charge in [0, 0.05) is 13.0 Å². The van der Waals surface area contributed by atoms with Crippen molar-refractivity contribution >= 4 is 17.8 Å². The Morgan fingerprint density at radius 1 is 0.900 bits per heavy atom. The molecule has 0 aliphatic carbocycles. The minimum absolute atomic E-state index is 0.0198. The number of nitrogens with one attached hydrogen (secondary N) is 2. The summed E-state index contributed by atoms with van der Waals surface area (Å²) in [5.74, 6) is -0.877. The predicted molar refractivity (Wildman–Crippen MR) is 115 cm³/mol. The van der Waals surface area contributed by atoms with Crippen LogP contribution in [0.4, 0.5) is 0 Å². The lowest BCUT2D eigenvalue weighted by Gasteiger charge is -2.27. The van der Waals surface area contributed by atoms with E-state index in [4.69, 9.17) is 9.84 Å². The zero-order valence-corrected chi connectivity index (χ0v) is 18.5. The first-order valence-corrected chi connectivity index (χ1v) is 11.9. The van der Waals surface area contributed by atoms with Gasteiger partial charge in [0.25, 0.3) is 0 Å². The highest BCUT2D eigenvalue weighted by Gasteiger charge is 2.51. The first-order valence-electron chi connectivity index (χ1n) is 11.9. The number of hydrogen-bond acceptors (Lipinski definition) is 4. The maximum absolute atomic E-state index is 12.8. The topological polar surface area (TPSA) is 105 Å². The van der Waals surface area contributed by atoms with Crippen LogP contribution in [-0.2, 0) is 19.1 Å². The SMILES string of the molecule is CCCCCCCNC(=O)CNC(=O)C1C2CCC(O2)C1CCCCCCC(=O)O. The summed E-state index contributed by atoms with van der Waals surface area (Å²) in [6.45, 7) is 2.88. The average molecular weight is 425 g/mol. The monoisotopic (exact) mass is 424 g/mol. The Morgan fingerprint density at radius 3 is 2.37 bits per heavy atom. The highest BCUT2D eigenvalue weighted by atomic mass is 16.5. The zero-order valence-electron chi connectivity index (χ0n) is 18.5. The molecule has 2 amide bonds. The van der Waals surface area contributed by atoms with Crippen molar-refractivity contribution in [1.29, 1.82) is 0 Å². The number of rotatable bonds is 16. The molecule has 30 heavy (non-hydrogen) atoms. The Kier molecular flexibility index (Phi) is 11.2. The van der Waals surface area contributed by atoms with Crippen LogP contribution in [0.25, 0.3) is 0 Å². The molecule has 0 aromatic rings. The number of carbonyl (C=O) groups excluding carboxylic acids is 2. The van der Waals surface area contributed by atoms with Gasteiger partial charge < -0.3 is 20.5 Å². The van der Waals surface area contributed by atoms with Crippen LogP contribution in [0.3, 0.4) is 0 Å². The van der Waals surface area contributed by atoms with Crippen LogP contribution in [0.2, 0.25) is 0 Å². The third kappa shape index (κ3) is 8.25. The molecule has 4 atom stereocenters. The summed E-state index contributed by atoms with van der Waals surface area (Å²) >= 11 is 0. The summed E-state index contributed by atoms with van der Waals surface area (Å²) < 4.78 is 6.01. The lowest BCUT2D eigenvalue weighted by atomic mass is 9.76. The van der Waals surface area contributed by atoms with Crippen molar-refractivity contribution in [3.05, 3.63) is 0 Å². The van der Waals surface area contributed by atoms with Crippen molar-refractivity contribution in [3.63, 3.8) is 0 Å². The van der Waals surface area contributed by atoms with Crippen LogP contribution in [0, 0.1) is 11.8 Å². The van der Waals surface area contributed by atoms with Crippen molar-refractivity contribution in [2.75, 3.05) is 13.1 Å². The molecule has 2 saturated heterocycles. The minimum Gasteiger partial charge on any atom is -0.481 e. The molecule has 0 saturated carbocycles. The molecular weight excluding hydrogens is 384 g/mol. The third-order valence-electron chi connectivity index (χ3n) is 6.43. The van der Waals surface area contributed by atoms with Gasteiger partial charge in [-0.1, -0.05) is 51.9 Å². The summed E-state index contributed by atoms with van der Waals surface area (Å²) in [4.78, 5) is 35.4. The van der Waals surface area contributed by atoms with Crippen molar-refractivity contribution in [3.8, 4) is 0 Å². The highest BCUT2D eigenvalue weighted by Crippen LogP contribution is 2.45. The Balaban J connectivity index is 1.65. The fourth-order valence-electron chi connectivity index (χ4n) is 4.82. The minimum atomic E-state index is -0.742. The second-order valence-corrected chi connectivity index (χ2v) is 8.81. The number of carboxylic acid groups (broad SMARTS) is 1. The smallest absolute Gasteiger partial charge is 0.303 e. The maximum Gasteiger partial charge on any atom is 0.303 e. The van der Waals surface area contributed by atoms with Gasteiger partial charge in [-0.2, -0.15) is 0 Å². The molecule has 2 bridgehead atoms. The molecule has 7 heteroatoms. The summed E-state index contributed by atoms with van der Waals surface area (Å²) in [6, 6.07) is 0. The van der Waals surface area contributed by atoms with Gasteiger partial charge in [0.05, 0.1) is 24.7 Å². The Morgan fingerprint density at radius 2 is 1.60 bits per heavy atom. The van der Waals surface area contributed by atoms with Gasteiger partial charge in [-0.25, -0.2) is 0 Å². The lowest BCUT2D eigenvalue weighted by Crippen LogP contribution is -2.44. The van der Waals surface area contributed by atoms with E-state index in [0.29, 0.717) is 13.0 Å². The molecule has 2 fully saturated rings. The molecule has 0 radical (unpaired) electrons. The van der Waals surface area contributed by atoms with E-state index in [2.05, 4.69) is 17.6 Å². The number of fused-ring (bicyclic) bond motifs is 2. The van der Waals surface area contributed by atoms with Crippen molar-refractivity contribution in [1.82, 2.24) is 10.6 Å². The number of carboxylic acids is 1. The van der Waals surface area contributed by atoms with Gasteiger partial charge in [-0.05, 0) is 38.0 Å². The first-order chi connectivity index (χ1) is 14.5. The summed E-state index contributed by atoms with van der Waals surface area (Å²) in [5, 5.41) is 14.4. The molecule has 2 aliphatic heterocycles. The van der Waals surface area contributed by atoms with Crippen molar-refractivity contribution < 1.29 is 24.2 Å². The van der Waals surface area contributed by atoms with Crippen LogP contribution in [0.15, 0.2) is 0 Å². The van der Waals surface area contributed by atoms with Crippen LogP contribution >= 0.6 is 0 Å². The number of amides is 2. The molecular formula is C23H40N2O5. The van der Waals surface area contributed by atoms with Crippen molar-refractivity contribution in [2.45, 2.75) is 103 Å². The number of hydrogen-bond donors (Lipinski definition) is 3. The lowest BCUT2D eigenvalue weighted by molar-refractivity contribution is -0.137. The molecule has 0 aromatic carbocycles. The molecule has 2 aliphatic rings. The molecule has 7 nitrogen and oxygen atoms in total. The van der Waals surface area contributed by atoms with Crippen LogP contribution in [-0.4, -0.2) is 48.2 Å². The van der Waals surface area contributed by atoms with Crippen LogP contribution in [0.1, 0.15) is 90.4 Å². The van der Waals surface area contributed by atoms with E-state index in [-0.39, 0.29) is 48.8 Å². The Hall–Kier alpha value is -1.63. The van der Waals surface area contributed by atoms with E-state index in [9.17, 15) is 14.4 Å². The van der Waals surface area contributed by atoms with E-state index < -0.39 is 5.97 Å². The van der Waals surface area contributed by atoms with E-state index in [0.717, 1.165) is 51.4 Å². The first kappa shape index (κ1) is 24.6. The maximum atomic E-state index is 12.8. The molecule has 172 valence electrons. The largest absolute Gasteiger partial charge is 0.481 e. The quantitative estimate of drug-likeness (QED) is 0.329. The second kappa shape index (κ2) is 13.6. The van der Waals surface area contributed by atoms with Gasteiger partial charge in [-0.15, -0.1) is 0 Å². The number of unbranched alkanes of at least 4 members (excludes halogenated alkanes) is 7. The Bertz CT molecular complexity index is 554. The van der Waals surface area contributed by atoms with Crippen LogP contribution in [0.5, 0.6) is 0 Å². The van der Waals surface area contributed by atoms with Gasteiger partial charge in [0.15, 0.2) is 0 Å². The molecule has 0 aromatic heterocycles. The Labute approximate surface area is 180 Å². The molecule has 2 rings (SSSR count).